The lowest BCUT2D eigenvalue weighted by molar-refractivity contribution is 0.810. The molecule has 0 radical (unpaired) electrons. The van der Waals surface area contributed by atoms with E-state index in [0.717, 1.165) is 41.9 Å². The number of nitrogens with zero attached hydrogens (tertiary/aromatic N) is 4. The van der Waals surface area contributed by atoms with Gasteiger partial charge in [0.2, 0.25) is 0 Å². The van der Waals surface area contributed by atoms with Gasteiger partial charge in [0.15, 0.2) is 0 Å². The normalized spacial score (nSPS) is 12.2. The van der Waals surface area contributed by atoms with Gasteiger partial charge in [0.25, 0.3) is 0 Å². The Kier molecular flexibility index (Phi) is 5.53. The highest BCUT2D eigenvalue weighted by molar-refractivity contribution is 5.83. The molecule has 0 unspecified atom stereocenters. The molecule has 0 N–H and O–H groups in total. The third kappa shape index (κ3) is 3.67. The van der Waals surface area contributed by atoms with Crippen LogP contribution in [0.3, 0.4) is 0 Å². The summed E-state index contributed by atoms with van der Waals surface area (Å²) < 4.78 is 0. The van der Waals surface area contributed by atoms with E-state index in [-0.39, 0.29) is 0 Å². The van der Waals surface area contributed by atoms with Gasteiger partial charge in [0.05, 0.1) is 34.9 Å². The van der Waals surface area contributed by atoms with Gasteiger partial charge in [-0.1, -0.05) is 48.5 Å². The molecule has 4 aromatic carbocycles. The maximum Gasteiger partial charge on any atom is 0.0999 e. The van der Waals surface area contributed by atoms with Crippen molar-refractivity contribution in [1.29, 1.82) is 15.8 Å². The molecule has 4 aromatic rings. The summed E-state index contributed by atoms with van der Waals surface area (Å²) in [6, 6.07) is 34.4. The molecule has 0 fully saturated rings. The number of anilines is 3. The summed E-state index contributed by atoms with van der Waals surface area (Å²) in [7, 11) is 0. The van der Waals surface area contributed by atoms with Crippen LogP contribution in [-0.2, 0) is 12.8 Å². The molecule has 5 rings (SSSR count). The van der Waals surface area contributed by atoms with E-state index in [2.05, 4.69) is 65.6 Å². The molecule has 0 saturated heterocycles. The first-order valence-electron chi connectivity index (χ1n) is 11.2. The molecular formula is C30H20N4. The fourth-order valence-electron chi connectivity index (χ4n) is 4.73. The second kappa shape index (κ2) is 8.95. The minimum atomic E-state index is 0.308. The molecule has 0 spiro atoms. The minimum absolute atomic E-state index is 0.308. The molecule has 0 amide bonds. The van der Waals surface area contributed by atoms with Crippen molar-refractivity contribution in [3.8, 4) is 29.3 Å². The third-order valence-electron chi connectivity index (χ3n) is 6.28. The second-order valence-corrected chi connectivity index (χ2v) is 8.28. The van der Waals surface area contributed by atoms with E-state index in [9.17, 15) is 15.8 Å². The van der Waals surface area contributed by atoms with Crippen LogP contribution in [0.25, 0.3) is 11.1 Å². The highest BCUT2D eigenvalue weighted by Gasteiger charge is 2.21. The lowest BCUT2D eigenvalue weighted by atomic mass is 9.92. The van der Waals surface area contributed by atoms with Crippen LogP contribution >= 0.6 is 0 Å². The van der Waals surface area contributed by atoms with Crippen LogP contribution in [0.5, 0.6) is 0 Å². The van der Waals surface area contributed by atoms with Gasteiger partial charge in [-0.05, 0) is 72.4 Å². The van der Waals surface area contributed by atoms with E-state index in [4.69, 9.17) is 0 Å². The molecule has 0 saturated carbocycles. The zero-order valence-corrected chi connectivity index (χ0v) is 18.5. The number of fused-ring (bicyclic) bond motifs is 2. The molecule has 0 atom stereocenters. The van der Waals surface area contributed by atoms with E-state index in [0.29, 0.717) is 22.3 Å². The van der Waals surface area contributed by atoms with E-state index in [1.54, 1.807) is 0 Å². The van der Waals surface area contributed by atoms with Crippen molar-refractivity contribution in [2.75, 3.05) is 4.90 Å². The third-order valence-corrected chi connectivity index (χ3v) is 6.28. The highest BCUT2D eigenvalue weighted by Crippen LogP contribution is 2.41. The number of hydrogen-bond donors (Lipinski definition) is 0. The predicted octanol–water partition coefficient (Wildman–Crippen LogP) is 6.93. The molecule has 0 aromatic heterocycles. The molecular weight excluding hydrogens is 416 g/mol. The first-order chi connectivity index (χ1) is 16.7. The fourth-order valence-corrected chi connectivity index (χ4v) is 4.73. The van der Waals surface area contributed by atoms with Crippen LogP contribution in [0.1, 0.15) is 34.2 Å². The average molecular weight is 437 g/mol. The van der Waals surface area contributed by atoms with E-state index >= 15 is 0 Å². The van der Waals surface area contributed by atoms with Crippen LogP contribution < -0.4 is 4.90 Å². The monoisotopic (exact) mass is 436 g/mol. The Bertz CT molecular complexity index is 1430. The Hall–Kier alpha value is -4.85. The number of rotatable bonds is 2. The van der Waals surface area contributed by atoms with Gasteiger partial charge in [0.1, 0.15) is 0 Å². The van der Waals surface area contributed by atoms with Gasteiger partial charge in [-0.15, -0.1) is 0 Å². The summed E-state index contributed by atoms with van der Waals surface area (Å²) in [4.78, 5) is 2.29. The number of nitriles is 3. The van der Waals surface area contributed by atoms with E-state index in [1.807, 2.05) is 30.3 Å². The van der Waals surface area contributed by atoms with Crippen molar-refractivity contribution in [2.24, 2.45) is 0 Å². The van der Waals surface area contributed by atoms with E-state index < -0.39 is 0 Å². The van der Waals surface area contributed by atoms with E-state index in [1.165, 1.54) is 23.3 Å². The van der Waals surface area contributed by atoms with Crippen molar-refractivity contribution >= 4 is 17.1 Å². The summed E-state index contributed by atoms with van der Waals surface area (Å²) in [5.41, 5.74) is 8.25. The summed E-state index contributed by atoms with van der Waals surface area (Å²) in [5.74, 6) is 0. The first-order valence-corrected chi connectivity index (χ1v) is 11.2. The Morgan fingerprint density at radius 1 is 0.618 bits per heavy atom. The zero-order valence-electron chi connectivity index (χ0n) is 18.5. The number of benzene rings is 4. The van der Waals surface area contributed by atoms with Crippen LogP contribution in [0.2, 0.25) is 0 Å². The molecule has 0 aliphatic carbocycles. The first kappa shape index (κ1) is 21.0. The Balaban J connectivity index is 1.66. The molecule has 34 heavy (non-hydrogen) atoms. The maximum atomic E-state index is 9.68. The lowest BCUT2D eigenvalue weighted by Gasteiger charge is -2.31. The van der Waals surface area contributed by atoms with Crippen molar-refractivity contribution in [3.05, 3.63) is 113 Å². The summed E-state index contributed by atoms with van der Waals surface area (Å²) in [5, 5.41) is 28.6. The van der Waals surface area contributed by atoms with Gasteiger partial charge in [0, 0.05) is 22.6 Å². The number of aryl methyl sites for hydroxylation is 2. The van der Waals surface area contributed by atoms with Crippen LogP contribution in [0.15, 0.2) is 84.9 Å². The molecule has 0 bridgehead atoms. The maximum absolute atomic E-state index is 9.68. The van der Waals surface area contributed by atoms with Crippen molar-refractivity contribution in [2.45, 2.75) is 19.3 Å². The van der Waals surface area contributed by atoms with Crippen molar-refractivity contribution in [1.82, 2.24) is 0 Å². The van der Waals surface area contributed by atoms with Crippen LogP contribution in [0, 0.1) is 34.0 Å². The number of hydrogen-bond acceptors (Lipinski definition) is 4. The molecule has 1 heterocycles. The minimum Gasteiger partial charge on any atom is -0.310 e. The van der Waals surface area contributed by atoms with Crippen LogP contribution in [0.4, 0.5) is 17.1 Å². The van der Waals surface area contributed by atoms with Crippen molar-refractivity contribution in [3.63, 3.8) is 0 Å². The quantitative estimate of drug-likeness (QED) is 0.341. The Morgan fingerprint density at radius 3 is 1.65 bits per heavy atom. The standard InChI is InChI=1S/C30H20N4/c31-18-21-16-25(19-32)30(26(17-21)20-33)24-12-14-27(15-13-24)34-28-10-3-1-6-22(28)8-5-9-23-7-2-4-11-29(23)34/h1-4,6-7,10-17H,5,8-9H2. The zero-order chi connectivity index (χ0) is 23.5. The summed E-state index contributed by atoms with van der Waals surface area (Å²) >= 11 is 0. The van der Waals surface area contributed by atoms with Crippen LogP contribution in [-0.4, -0.2) is 0 Å². The SMILES string of the molecule is N#Cc1cc(C#N)c(-c2ccc(N3c4ccccc4CCCc4ccccc43)cc2)c(C#N)c1. The van der Waals surface area contributed by atoms with Gasteiger partial charge in [-0.2, -0.15) is 15.8 Å². The summed E-state index contributed by atoms with van der Waals surface area (Å²) in [6.07, 6.45) is 3.14. The Morgan fingerprint density at radius 2 is 1.15 bits per heavy atom. The largest absolute Gasteiger partial charge is 0.310 e. The fraction of sp³-hybridized carbons (Fsp3) is 0.100. The smallest absolute Gasteiger partial charge is 0.0999 e. The predicted molar refractivity (Wildman–Crippen MR) is 133 cm³/mol. The Labute approximate surface area is 199 Å². The van der Waals surface area contributed by atoms with Gasteiger partial charge < -0.3 is 4.90 Å². The van der Waals surface area contributed by atoms with Gasteiger partial charge in [-0.25, -0.2) is 0 Å². The molecule has 1 aliphatic heterocycles. The highest BCUT2D eigenvalue weighted by atomic mass is 15.1. The molecule has 4 heteroatoms. The van der Waals surface area contributed by atoms with Crippen molar-refractivity contribution < 1.29 is 0 Å². The number of para-hydroxylation sites is 2. The topological polar surface area (TPSA) is 74.6 Å². The molecule has 1 aliphatic rings. The van der Waals surface area contributed by atoms with Gasteiger partial charge in [-0.3, -0.25) is 0 Å². The molecule has 160 valence electrons. The van der Waals surface area contributed by atoms with Gasteiger partial charge >= 0.3 is 0 Å². The average Bonchev–Trinajstić information content (AvgIpc) is 2.88. The lowest BCUT2D eigenvalue weighted by Crippen LogP contribution is -2.16. The second-order valence-electron chi connectivity index (χ2n) is 8.28. The summed E-state index contributed by atoms with van der Waals surface area (Å²) in [6.45, 7) is 0. The molecule has 4 nitrogen and oxygen atoms in total.